The summed E-state index contributed by atoms with van der Waals surface area (Å²) in [6, 6.07) is 0. The Morgan fingerprint density at radius 2 is 2.11 bits per heavy atom. The Morgan fingerprint density at radius 1 is 1.50 bits per heavy atom. The maximum atomic E-state index is 11.3. The number of carbonyl (C=O) groups is 1. The highest BCUT2D eigenvalue weighted by atomic mass is 16.7. The molecule has 1 unspecified atom stereocenters. The van der Waals surface area contributed by atoms with Gasteiger partial charge in [0.15, 0.2) is 0 Å². The molecule has 104 valence electrons. The first kappa shape index (κ1) is 15.1. The van der Waals surface area contributed by atoms with Crippen LogP contribution in [0.25, 0.3) is 0 Å². The number of esters is 1. The van der Waals surface area contributed by atoms with Crippen LogP contribution in [0.1, 0.15) is 13.3 Å². The Labute approximate surface area is 104 Å². The fraction of sp³-hybridized carbons (Fsp3) is 0.727. The molecule has 0 amide bonds. The summed E-state index contributed by atoms with van der Waals surface area (Å²) >= 11 is 0. The van der Waals surface area contributed by atoms with Crippen molar-refractivity contribution in [2.75, 3.05) is 13.2 Å². The maximum Gasteiger partial charge on any atom is 0.333 e. The van der Waals surface area contributed by atoms with Crippen molar-refractivity contribution >= 4 is 5.97 Å². The summed E-state index contributed by atoms with van der Waals surface area (Å²) in [7, 11) is 0. The molecule has 1 heterocycles. The van der Waals surface area contributed by atoms with E-state index in [1.165, 1.54) is 0 Å². The molecule has 1 saturated heterocycles. The lowest BCUT2D eigenvalue weighted by Crippen LogP contribution is -2.46. The van der Waals surface area contributed by atoms with Gasteiger partial charge in [-0.05, 0) is 6.92 Å². The predicted molar refractivity (Wildman–Crippen MR) is 59.3 cm³/mol. The molecule has 0 aromatic rings. The summed E-state index contributed by atoms with van der Waals surface area (Å²) < 4.78 is 9.66. The fourth-order valence-corrected chi connectivity index (χ4v) is 1.72. The molecule has 0 radical (unpaired) electrons. The molecule has 1 aliphatic heterocycles. The highest BCUT2D eigenvalue weighted by Gasteiger charge is 2.53. The zero-order valence-corrected chi connectivity index (χ0v) is 10.1. The second kappa shape index (κ2) is 5.77. The fourth-order valence-electron chi connectivity index (χ4n) is 1.72. The van der Waals surface area contributed by atoms with Crippen LogP contribution in [0.15, 0.2) is 12.2 Å². The third kappa shape index (κ3) is 2.88. The van der Waals surface area contributed by atoms with Crippen LogP contribution in [0.2, 0.25) is 0 Å². The minimum atomic E-state index is -2.22. The highest BCUT2D eigenvalue weighted by molar-refractivity contribution is 5.87. The van der Waals surface area contributed by atoms with Gasteiger partial charge in [-0.2, -0.15) is 0 Å². The second-order valence-electron chi connectivity index (χ2n) is 4.12. The number of aliphatic hydroxyl groups is 4. The third-order valence-corrected chi connectivity index (χ3v) is 2.76. The van der Waals surface area contributed by atoms with E-state index in [2.05, 4.69) is 6.58 Å². The van der Waals surface area contributed by atoms with E-state index in [4.69, 9.17) is 14.6 Å². The van der Waals surface area contributed by atoms with Crippen LogP contribution in [-0.2, 0) is 14.3 Å². The molecule has 18 heavy (non-hydrogen) atoms. The van der Waals surface area contributed by atoms with Crippen LogP contribution < -0.4 is 0 Å². The molecule has 1 rings (SSSR count). The molecular weight excluding hydrogens is 244 g/mol. The van der Waals surface area contributed by atoms with Gasteiger partial charge in [-0.3, -0.25) is 0 Å². The first-order valence-corrected chi connectivity index (χ1v) is 5.57. The van der Waals surface area contributed by atoms with Crippen molar-refractivity contribution in [3.63, 3.8) is 0 Å². The van der Waals surface area contributed by atoms with E-state index in [0.717, 1.165) is 0 Å². The van der Waals surface area contributed by atoms with Crippen molar-refractivity contribution in [2.24, 2.45) is 0 Å². The molecule has 0 aliphatic carbocycles. The minimum absolute atomic E-state index is 0.0512. The Hall–Kier alpha value is -0.990. The topological polar surface area (TPSA) is 116 Å². The zero-order chi connectivity index (χ0) is 13.9. The van der Waals surface area contributed by atoms with Crippen molar-refractivity contribution < 1.29 is 34.7 Å². The molecule has 4 N–H and O–H groups in total. The lowest BCUT2D eigenvalue weighted by Gasteiger charge is -2.22. The number of aliphatic hydroxyl groups excluding tert-OH is 3. The van der Waals surface area contributed by atoms with Gasteiger partial charge in [-0.1, -0.05) is 6.58 Å². The van der Waals surface area contributed by atoms with Gasteiger partial charge in [-0.15, -0.1) is 0 Å². The lowest BCUT2D eigenvalue weighted by atomic mass is 10.0. The molecule has 0 spiro atoms. The monoisotopic (exact) mass is 262 g/mol. The number of carbonyl (C=O) groups excluding carboxylic acids is 1. The summed E-state index contributed by atoms with van der Waals surface area (Å²) in [5.41, 5.74) is 0.0512. The number of hydrogen-bond donors (Lipinski definition) is 4. The van der Waals surface area contributed by atoms with E-state index < -0.39 is 36.7 Å². The van der Waals surface area contributed by atoms with Crippen LogP contribution in [0, 0.1) is 0 Å². The molecular formula is C11H18O7. The summed E-state index contributed by atoms with van der Waals surface area (Å²) in [5.74, 6) is -2.86. The normalized spacial score (nSPS) is 35.5. The Morgan fingerprint density at radius 3 is 2.56 bits per heavy atom. The van der Waals surface area contributed by atoms with Crippen molar-refractivity contribution in [3.05, 3.63) is 12.2 Å². The van der Waals surface area contributed by atoms with Crippen LogP contribution >= 0.6 is 0 Å². The van der Waals surface area contributed by atoms with Crippen molar-refractivity contribution in [1.29, 1.82) is 0 Å². The van der Waals surface area contributed by atoms with E-state index in [0.29, 0.717) is 0 Å². The average molecular weight is 262 g/mol. The third-order valence-electron chi connectivity index (χ3n) is 2.76. The van der Waals surface area contributed by atoms with Gasteiger partial charge >= 0.3 is 5.97 Å². The van der Waals surface area contributed by atoms with E-state index in [1.54, 1.807) is 6.92 Å². The zero-order valence-electron chi connectivity index (χ0n) is 10.1. The Balaban J connectivity index is 2.64. The first-order chi connectivity index (χ1) is 8.35. The van der Waals surface area contributed by atoms with Crippen LogP contribution in [0.3, 0.4) is 0 Å². The van der Waals surface area contributed by atoms with Crippen molar-refractivity contribution in [3.8, 4) is 0 Å². The summed E-state index contributed by atoms with van der Waals surface area (Å²) in [6.07, 6.45) is -4.22. The molecule has 1 aliphatic rings. The van der Waals surface area contributed by atoms with Crippen LogP contribution in [-0.4, -0.2) is 63.7 Å². The lowest BCUT2D eigenvalue weighted by molar-refractivity contribution is -0.245. The number of ether oxygens (including phenoxy) is 2. The molecule has 7 heteroatoms. The predicted octanol–water partition coefficient (Wildman–Crippen LogP) is -1.70. The summed E-state index contributed by atoms with van der Waals surface area (Å²) in [5, 5.41) is 37.7. The van der Waals surface area contributed by atoms with Gasteiger partial charge in [0, 0.05) is 12.0 Å². The standard InChI is InChI=1S/C11H18O7/c1-3-17-10(15)6(2)4-7-8(13)9(14)11(16,5-12)18-7/h7-9,12-14,16H,2-5H2,1H3/t7-,8+,9-,11?/m0/s1. The molecule has 4 atom stereocenters. The van der Waals surface area contributed by atoms with Gasteiger partial charge in [0.25, 0.3) is 0 Å². The minimum Gasteiger partial charge on any atom is -0.463 e. The van der Waals surface area contributed by atoms with Gasteiger partial charge < -0.3 is 29.9 Å². The van der Waals surface area contributed by atoms with Crippen LogP contribution in [0.4, 0.5) is 0 Å². The highest BCUT2D eigenvalue weighted by Crippen LogP contribution is 2.31. The van der Waals surface area contributed by atoms with Gasteiger partial charge in [0.05, 0.1) is 19.3 Å². The molecule has 0 saturated carbocycles. The quantitative estimate of drug-likeness (QED) is 0.344. The molecule has 0 aromatic heterocycles. The SMILES string of the molecule is C=C(C[C@@H]1OC(O)(CO)[C@@H](O)[C@@H]1O)C(=O)OCC. The van der Waals surface area contributed by atoms with Crippen molar-refractivity contribution in [1.82, 2.24) is 0 Å². The molecule has 1 fully saturated rings. The van der Waals surface area contributed by atoms with Crippen LogP contribution in [0.5, 0.6) is 0 Å². The molecule has 0 aromatic carbocycles. The van der Waals surface area contributed by atoms with Crippen molar-refractivity contribution in [2.45, 2.75) is 37.4 Å². The Kier molecular flexibility index (Phi) is 4.83. The maximum absolute atomic E-state index is 11.3. The van der Waals surface area contributed by atoms with Gasteiger partial charge in [0.1, 0.15) is 12.2 Å². The molecule has 0 bridgehead atoms. The van der Waals surface area contributed by atoms with E-state index >= 15 is 0 Å². The largest absolute Gasteiger partial charge is 0.463 e. The summed E-state index contributed by atoms with van der Waals surface area (Å²) in [6.45, 7) is 4.44. The van der Waals surface area contributed by atoms with Gasteiger partial charge in [0.2, 0.25) is 5.79 Å². The number of hydrogen-bond acceptors (Lipinski definition) is 7. The average Bonchev–Trinajstić information content (AvgIpc) is 2.55. The summed E-state index contributed by atoms with van der Waals surface area (Å²) in [4.78, 5) is 11.3. The van der Waals surface area contributed by atoms with E-state index in [9.17, 15) is 20.1 Å². The smallest absolute Gasteiger partial charge is 0.333 e. The molecule has 7 nitrogen and oxygen atoms in total. The second-order valence-corrected chi connectivity index (χ2v) is 4.12. The van der Waals surface area contributed by atoms with E-state index in [-0.39, 0.29) is 18.6 Å². The first-order valence-electron chi connectivity index (χ1n) is 5.57. The van der Waals surface area contributed by atoms with Gasteiger partial charge in [-0.25, -0.2) is 4.79 Å². The Bertz CT molecular complexity index is 329. The van der Waals surface area contributed by atoms with E-state index in [1.807, 2.05) is 0 Å². The number of rotatable bonds is 5.